The van der Waals surface area contributed by atoms with E-state index in [1.807, 2.05) is 51.1 Å². The highest BCUT2D eigenvalue weighted by molar-refractivity contribution is 6.21. The summed E-state index contributed by atoms with van der Waals surface area (Å²) in [5, 5.41) is 2.83. The fourth-order valence-corrected chi connectivity index (χ4v) is 2.25. The number of rotatable bonds is 4. The standard InChI is InChI=1S/C16H20ClN3O/c1-16(2,3)20-10-9-18-14(15(20)21)19-11-13(17)12-7-5-4-6-8-12/h4-10,13H,11H2,1-3H3,(H,18,19). The molecule has 0 radical (unpaired) electrons. The van der Waals surface area contributed by atoms with Crippen LogP contribution in [0.5, 0.6) is 0 Å². The van der Waals surface area contributed by atoms with Crippen molar-refractivity contribution < 1.29 is 0 Å². The number of halogens is 1. The monoisotopic (exact) mass is 305 g/mol. The molecule has 0 bridgehead atoms. The van der Waals surface area contributed by atoms with Crippen LogP contribution in [0, 0.1) is 0 Å². The van der Waals surface area contributed by atoms with Gasteiger partial charge in [-0.25, -0.2) is 4.98 Å². The predicted molar refractivity (Wildman–Crippen MR) is 87.0 cm³/mol. The molecule has 0 aliphatic carbocycles. The molecule has 0 aliphatic heterocycles. The second-order valence-electron chi connectivity index (χ2n) is 5.88. The zero-order valence-corrected chi connectivity index (χ0v) is 13.3. The molecule has 1 unspecified atom stereocenters. The largest absolute Gasteiger partial charge is 0.364 e. The van der Waals surface area contributed by atoms with E-state index in [1.54, 1.807) is 17.0 Å². The molecule has 0 saturated heterocycles. The molecule has 2 aromatic rings. The first kappa shape index (κ1) is 15.6. The third-order valence-corrected chi connectivity index (χ3v) is 3.58. The molecule has 0 saturated carbocycles. The van der Waals surface area contributed by atoms with Crippen LogP contribution in [0.25, 0.3) is 0 Å². The molecule has 1 N–H and O–H groups in total. The van der Waals surface area contributed by atoms with E-state index in [9.17, 15) is 4.79 Å². The fraction of sp³-hybridized carbons (Fsp3) is 0.375. The molecule has 21 heavy (non-hydrogen) atoms. The number of anilines is 1. The van der Waals surface area contributed by atoms with Crippen LogP contribution in [0.1, 0.15) is 31.7 Å². The van der Waals surface area contributed by atoms with Gasteiger partial charge >= 0.3 is 0 Å². The van der Waals surface area contributed by atoms with Gasteiger partial charge in [-0.05, 0) is 26.3 Å². The van der Waals surface area contributed by atoms with Gasteiger partial charge in [0, 0.05) is 24.5 Å². The molecule has 1 heterocycles. The maximum absolute atomic E-state index is 12.4. The van der Waals surface area contributed by atoms with Gasteiger partial charge < -0.3 is 9.88 Å². The fourth-order valence-electron chi connectivity index (χ4n) is 2.03. The van der Waals surface area contributed by atoms with Gasteiger partial charge in [0.05, 0.1) is 5.38 Å². The summed E-state index contributed by atoms with van der Waals surface area (Å²) in [6.07, 6.45) is 3.32. The second kappa shape index (κ2) is 6.31. The smallest absolute Gasteiger partial charge is 0.293 e. The van der Waals surface area contributed by atoms with E-state index in [2.05, 4.69) is 10.3 Å². The Balaban J connectivity index is 2.13. The quantitative estimate of drug-likeness (QED) is 0.881. The summed E-state index contributed by atoms with van der Waals surface area (Å²) in [6.45, 7) is 6.38. The molecule has 5 heteroatoms. The third kappa shape index (κ3) is 3.85. The van der Waals surface area contributed by atoms with Crippen molar-refractivity contribution in [1.82, 2.24) is 9.55 Å². The van der Waals surface area contributed by atoms with E-state index in [4.69, 9.17) is 11.6 Å². The average Bonchev–Trinajstić information content (AvgIpc) is 2.45. The van der Waals surface area contributed by atoms with Crippen LogP contribution in [-0.2, 0) is 5.54 Å². The van der Waals surface area contributed by atoms with Gasteiger partial charge in [0.2, 0.25) is 0 Å². The van der Waals surface area contributed by atoms with E-state index < -0.39 is 0 Å². The van der Waals surface area contributed by atoms with Gasteiger partial charge in [-0.3, -0.25) is 4.79 Å². The van der Waals surface area contributed by atoms with Crippen molar-refractivity contribution in [3.05, 3.63) is 58.6 Å². The molecular weight excluding hydrogens is 286 g/mol. The number of nitrogens with one attached hydrogen (secondary N) is 1. The van der Waals surface area contributed by atoms with E-state index >= 15 is 0 Å². The van der Waals surface area contributed by atoms with Crippen LogP contribution in [-0.4, -0.2) is 16.1 Å². The van der Waals surface area contributed by atoms with Crippen molar-refractivity contribution in [2.45, 2.75) is 31.7 Å². The molecule has 0 fully saturated rings. The Morgan fingerprint density at radius 3 is 2.57 bits per heavy atom. The predicted octanol–water partition coefficient (Wildman–Crippen LogP) is 3.39. The molecule has 1 atom stereocenters. The lowest BCUT2D eigenvalue weighted by Crippen LogP contribution is -2.35. The van der Waals surface area contributed by atoms with Crippen molar-refractivity contribution in [2.24, 2.45) is 0 Å². The lowest BCUT2D eigenvalue weighted by molar-refractivity contribution is 0.383. The molecular formula is C16H20ClN3O. The summed E-state index contributed by atoms with van der Waals surface area (Å²) in [5.41, 5.74) is 0.594. The summed E-state index contributed by atoms with van der Waals surface area (Å²) in [4.78, 5) is 16.5. The van der Waals surface area contributed by atoms with Crippen molar-refractivity contribution in [3.63, 3.8) is 0 Å². The molecule has 0 amide bonds. The number of nitrogens with zero attached hydrogens (tertiary/aromatic N) is 2. The van der Waals surface area contributed by atoms with Gasteiger partial charge in [0.1, 0.15) is 0 Å². The Labute approximate surface area is 129 Å². The Bertz CT molecular complexity index is 647. The Kier molecular flexibility index (Phi) is 4.68. The highest BCUT2D eigenvalue weighted by Crippen LogP contribution is 2.20. The summed E-state index contributed by atoms with van der Waals surface area (Å²) in [7, 11) is 0. The van der Waals surface area contributed by atoms with Gasteiger partial charge in [-0.1, -0.05) is 30.3 Å². The van der Waals surface area contributed by atoms with Crippen LogP contribution in [0.15, 0.2) is 47.5 Å². The first-order chi connectivity index (χ1) is 9.89. The van der Waals surface area contributed by atoms with Crippen LogP contribution < -0.4 is 10.9 Å². The average molecular weight is 306 g/mol. The van der Waals surface area contributed by atoms with Crippen molar-refractivity contribution >= 4 is 17.4 Å². The van der Waals surface area contributed by atoms with Crippen LogP contribution in [0.2, 0.25) is 0 Å². The van der Waals surface area contributed by atoms with E-state index in [0.29, 0.717) is 12.4 Å². The number of hydrogen-bond donors (Lipinski definition) is 1. The maximum atomic E-state index is 12.4. The van der Waals surface area contributed by atoms with E-state index in [-0.39, 0.29) is 16.5 Å². The molecule has 1 aromatic heterocycles. The van der Waals surface area contributed by atoms with Gasteiger partial charge in [-0.2, -0.15) is 0 Å². The molecule has 0 aliphatic rings. The first-order valence-corrected chi connectivity index (χ1v) is 7.34. The highest BCUT2D eigenvalue weighted by Gasteiger charge is 2.17. The highest BCUT2D eigenvalue weighted by atomic mass is 35.5. The lowest BCUT2D eigenvalue weighted by Gasteiger charge is -2.22. The van der Waals surface area contributed by atoms with E-state index in [0.717, 1.165) is 5.56 Å². The Hall–Kier alpha value is -1.81. The van der Waals surface area contributed by atoms with Crippen LogP contribution in [0.4, 0.5) is 5.82 Å². The molecule has 112 valence electrons. The minimum Gasteiger partial charge on any atom is -0.364 e. The molecule has 0 spiro atoms. The third-order valence-electron chi connectivity index (χ3n) is 3.17. The van der Waals surface area contributed by atoms with Crippen molar-refractivity contribution in [2.75, 3.05) is 11.9 Å². The van der Waals surface area contributed by atoms with Crippen LogP contribution >= 0.6 is 11.6 Å². The van der Waals surface area contributed by atoms with Gasteiger partial charge in [-0.15, -0.1) is 11.6 Å². The molecule has 2 rings (SSSR count). The van der Waals surface area contributed by atoms with E-state index in [1.165, 1.54) is 0 Å². The minimum atomic E-state index is -0.281. The zero-order valence-electron chi connectivity index (χ0n) is 12.5. The minimum absolute atomic E-state index is 0.137. The van der Waals surface area contributed by atoms with Crippen molar-refractivity contribution in [1.29, 1.82) is 0 Å². The SMILES string of the molecule is CC(C)(C)n1ccnc(NCC(Cl)c2ccccc2)c1=O. The van der Waals surface area contributed by atoms with Crippen LogP contribution in [0.3, 0.4) is 0 Å². The zero-order chi connectivity index (χ0) is 15.5. The molecule has 4 nitrogen and oxygen atoms in total. The lowest BCUT2D eigenvalue weighted by atomic mass is 10.1. The number of aromatic nitrogens is 2. The summed E-state index contributed by atoms with van der Waals surface area (Å²) in [6, 6.07) is 9.76. The first-order valence-electron chi connectivity index (χ1n) is 6.90. The Morgan fingerprint density at radius 1 is 1.29 bits per heavy atom. The van der Waals surface area contributed by atoms with Gasteiger partial charge in [0.25, 0.3) is 5.56 Å². The maximum Gasteiger partial charge on any atom is 0.293 e. The molecule has 1 aromatic carbocycles. The normalized spacial score (nSPS) is 13.0. The second-order valence-corrected chi connectivity index (χ2v) is 6.41. The summed E-state index contributed by atoms with van der Waals surface area (Å²) in [5.74, 6) is 0.328. The number of benzene rings is 1. The summed E-state index contributed by atoms with van der Waals surface area (Å²) >= 11 is 6.34. The Morgan fingerprint density at radius 2 is 1.95 bits per heavy atom. The topological polar surface area (TPSA) is 46.9 Å². The van der Waals surface area contributed by atoms with Crippen molar-refractivity contribution in [3.8, 4) is 0 Å². The number of hydrogen-bond acceptors (Lipinski definition) is 3. The van der Waals surface area contributed by atoms with Gasteiger partial charge in [0.15, 0.2) is 5.82 Å². The summed E-state index contributed by atoms with van der Waals surface area (Å²) < 4.78 is 1.66. The number of alkyl halides is 1.